The number of anilines is 1. The van der Waals surface area contributed by atoms with Gasteiger partial charge in [0.05, 0.1) is 6.61 Å². The van der Waals surface area contributed by atoms with E-state index in [0.29, 0.717) is 18.3 Å². The second-order valence-corrected chi connectivity index (χ2v) is 4.73. The summed E-state index contributed by atoms with van der Waals surface area (Å²) in [5.74, 6) is -0.262. The summed E-state index contributed by atoms with van der Waals surface area (Å²) < 4.78 is 18.8. The van der Waals surface area contributed by atoms with Crippen LogP contribution in [-0.4, -0.2) is 24.6 Å². The molecule has 0 aromatic heterocycles. The van der Waals surface area contributed by atoms with E-state index < -0.39 is 11.9 Å². The molecule has 0 spiro atoms. The first kappa shape index (κ1) is 13.6. The Morgan fingerprint density at radius 1 is 1.53 bits per heavy atom. The van der Waals surface area contributed by atoms with Crippen molar-refractivity contribution in [1.82, 2.24) is 5.32 Å². The van der Waals surface area contributed by atoms with Crippen molar-refractivity contribution in [2.24, 2.45) is 0 Å². The van der Waals surface area contributed by atoms with Crippen LogP contribution in [0.15, 0.2) is 18.2 Å². The minimum absolute atomic E-state index is 0.0585. The predicted molar refractivity (Wildman–Crippen MR) is 71.8 cm³/mol. The standard InChI is InChI=1S/C14H19FN2O2/c1-3-19-13-7-6-11(8-12(13)15)16-9(2)14(18)17-10-4-5-10/h6-10,16H,3-5H2,1-2H3,(H,17,18). The summed E-state index contributed by atoms with van der Waals surface area (Å²) in [6.45, 7) is 3.98. The molecule has 1 aliphatic rings. The van der Waals surface area contributed by atoms with Gasteiger partial charge in [0.2, 0.25) is 5.91 Å². The maximum atomic E-state index is 13.6. The van der Waals surface area contributed by atoms with E-state index in [0.717, 1.165) is 12.8 Å². The Labute approximate surface area is 112 Å². The fourth-order valence-corrected chi connectivity index (χ4v) is 1.73. The second kappa shape index (κ2) is 5.91. The lowest BCUT2D eigenvalue weighted by Crippen LogP contribution is -2.38. The smallest absolute Gasteiger partial charge is 0.242 e. The Bertz CT molecular complexity index is 461. The molecule has 0 saturated heterocycles. The summed E-state index contributed by atoms with van der Waals surface area (Å²) in [5, 5.41) is 5.88. The second-order valence-electron chi connectivity index (χ2n) is 4.73. The van der Waals surface area contributed by atoms with E-state index in [4.69, 9.17) is 4.74 Å². The summed E-state index contributed by atoms with van der Waals surface area (Å²) in [5.41, 5.74) is 0.569. The van der Waals surface area contributed by atoms with Crippen LogP contribution in [0.25, 0.3) is 0 Å². The van der Waals surface area contributed by atoms with E-state index in [2.05, 4.69) is 10.6 Å². The molecule has 0 radical (unpaired) electrons. The number of hydrogen-bond donors (Lipinski definition) is 2. The summed E-state index contributed by atoms with van der Waals surface area (Å²) in [6, 6.07) is 4.54. The molecule has 5 heteroatoms. The molecule has 1 fully saturated rings. The predicted octanol–water partition coefficient (Wildman–Crippen LogP) is 2.30. The maximum absolute atomic E-state index is 13.6. The van der Waals surface area contributed by atoms with E-state index in [9.17, 15) is 9.18 Å². The van der Waals surface area contributed by atoms with Crippen LogP contribution >= 0.6 is 0 Å². The number of carbonyl (C=O) groups is 1. The first-order chi connectivity index (χ1) is 9.10. The molecule has 1 unspecified atom stereocenters. The number of halogens is 1. The van der Waals surface area contributed by atoms with Crippen LogP contribution in [0.2, 0.25) is 0 Å². The molecule has 1 atom stereocenters. The lowest BCUT2D eigenvalue weighted by molar-refractivity contribution is -0.121. The highest BCUT2D eigenvalue weighted by atomic mass is 19.1. The lowest BCUT2D eigenvalue weighted by atomic mass is 10.2. The Morgan fingerprint density at radius 3 is 2.84 bits per heavy atom. The number of amides is 1. The van der Waals surface area contributed by atoms with Gasteiger partial charge in [-0.05, 0) is 38.8 Å². The van der Waals surface area contributed by atoms with Gasteiger partial charge in [0, 0.05) is 17.8 Å². The minimum atomic E-state index is -0.429. The number of carbonyl (C=O) groups excluding carboxylic acids is 1. The van der Waals surface area contributed by atoms with Crippen molar-refractivity contribution in [2.75, 3.05) is 11.9 Å². The monoisotopic (exact) mass is 266 g/mol. The van der Waals surface area contributed by atoms with Gasteiger partial charge in [-0.2, -0.15) is 0 Å². The van der Waals surface area contributed by atoms with Crippen LogP contribution in [0, 0.1) is 5.82 Å². The largest absolute Gasteiger partial charge is 0.491 e. The Balaban J connectivity index is 1.94. The van der Waals surface area contributed by atoms with Crippen molar-refractivity contribution < 1.29 is 13.9 Å². The zero-order valence-electron chi connectivity index (χ0n) is 11.2. The zero-order chi connectivity index (χ0) is 13.8. The zero-order valence-corrected chi connectivity index (χ0v) is 11.2. The molecule has 4 nitrogen and oxygen atoms in total. The van der Waals surface area contributed by atoms with Crippen molar-refractivity contribution >= 4 is 11.6 Å². The summed E-state index contributed by atoms with van der Waals surface area (Å²) in [4.78, 5) is 11.8. The first-order valence-corrected chi connectivity index (χ1v) is 6.59. The molecule has 2 N–H and O–H groups in total. The van der Waals surface area contributed by atoms with Crippen LogP contribution in [0.5, 0.6) is 5.75 Å². The number of nitrogens with one attached hydrogen (secondary N) is 2. The highest BCUT2D eigenvalue weighted by Gasteiger charge is 2.25. The van der Waals surface area contributed by atoms with Crippen molar-refractivity contribution in [1.29, 1.82) is 0 Å². The third-order valence-electron chi connectivity index (χ3n) is 2.93. The molecule has 19 heavy (non-hydrogen) atoms. The molecule has 0 heterocycles. The van der Waals surface area contributed by atoms with Gasteiger partial charge in [-0.15, -0.1) is 0 Å². The number of benzene rings is 1. The molecule has 1 aromatic carbocycles. The van der Waals surface area contributed by atoms with Gasteiger partial charge in [-0.25, -0.2) is 4.39 Å². The van der Waals surface area contributed by atoms with Crippen LogP contribution < -0.4 is 15.4 Å². The van der Waals surface area contributed by atoms with Gasteiger partial charge in [0.25, 0.3) is 0 Å². The fourth-order valence-electron chi connectivity index (χ4n) is 1.73. The fraction of sp³-hybridized carbons (Fsp3) is 0.500. The molecule has 1 saturated carbocycles. The van der Waals surface area contributed by atoms with Gasteiger partial charge in [0.1, 0.15) is 6.04 Å². The van der Waals surface area contributed by atoms with Crippen molar-refractivity contribution in [2.45, 2.75) is 38.8 Å². The van der Waals surface area contributed by atoms with Gasteiger partial charge in [-0.3, -0.25) is 4.79 Å². The van der Waals surface area contributed by atoms with Gasteiger partial charge < -0.3 is 15.4 Å². The van der Waals surface area contributed by atoms with Crippen LogP contribution in [0.4, 0.5) is 10.1 Å². The maximum Gasteiger partial charge on any atom is 0.242 e. The quantitative estimate of drug-likeness (QED) is 0.830. The minimum Gasteiger partial charge on any atom is -0.491 e. The topological polar surface area (TPSA) is 50.4 Å². The number of rotatable bonds is 6. The third kappa shape index (κ3) is 3.84. The van der Waals surface area contributed by atoms with Crippen LogP contribution in [0.3, 0.4) is 0 Å². The molecule has 1 amide bonds. The molecule has 104 valence electrons. The molecular weight excluding hydrogens is 247 g/mol. The van der Waals surface area contributed by atoms with Gasteiger partial charge in [0.15, 0.2) is 11.6 Å². The van der Waals surface area contributed by atoms with Crippen LogP contribution in [0.1, 0.15) is 26.7 Å². The number of ether oxygens (including phenoxy) is 1. The molecule has 1 aliphatic carbocycles. The molecular formula is C14H19FN2O2. The van der Waals surface area contributed by atoms with Gasteiger partial charge in [-0.1, -0.05) is 0 Å². The summed E-state index contributed by atoms with van der Waals surface area (Å²) in [6.07, 6.45) is 2.10. The van der Waals surface area contributed by atoms with Crippen LogP contribution in [-0.2, 0) is 4.79 Å². The number of hydrogen-bond acceptors (Lipinski definition) is 3. The summed E-state index contributed by atoms with van der Waals surface area (Å²) in [7, 11) is 0. The average molecular weight is 266 g/mol. The Kier molecular flexibility index (Phi) is 4.24. The third-order valence-corrected chi connectivity index (χ3v) is 2.93. The van der Waals surface area contributed by atoms with Gasteiger partial charge >= 0.3 is 0 Å². The highest BCUT2D eigenvalue weighted by Crippen LogP contribution is 2.22. The van der Waals surface area contributed by atoms with E-state index in [1.54, 1.807) is 26.0 Å². The average Bonchev–Trinajstić information content (AvgIpc) is 3.16. The molecule has 1 aromatic rings. The Morgan fingerprint density at radius 2 is 2.26 bits per heavy atom. The lowest BCUT2D eigenvalue weighted by Gasteiger charge is -2.15. The van der Waals surface area contributed by atoms with Crippen molar-refractivity contribution in [3.63, 3.8) is 0 Å². The summed E-state index contributed by atoms with van der Waals surface area (Å²) >= 11 is 0. The molecule has 2 rings (SSSR count). The van der Waals surface area contributed by atoms with E-state index >= 15 is 0 Å². The highest BCUT2D eigenvalue weighted by molar-refractivity contribution is 5.84. The normalized spacial score (nSPS) is 15.7. The Hall–Kier alpha value is -1.78. The SMILES string of the molecule is CCOc1ccc(NC(C)C(=O)NC2CC2)cc1F. The van der Waals surface area contributed by atoms with E-state index in [1.165, 1.54) is 6.07 Å². The van der Waals surface area contributed by atoms with E-state index in [1.807, 2.05) is 0 Å². The van der Waals surface area contributed by atoms with E-state index in [-0.39, 0.29) is 11.7 Å². The van der Waals surface area contributed by atoms with Crippen molar-refractivity contribution in [3.8, 4) is 5.75 Å². The molecule has 0 aliphatic heterocycles. The van der Waals surface area contributed by atoms with Crippen molar-refractivity contribution in [3.05, 3.63) is 24.0 Å². The molecule has 0 bridgehead atoms. The first-order valence-electron chi connectivity index (χ1n) is 6.59.